The number of hydrogen-bond donors (Lipinski definition) is 1. The van der Waals surface area contributed by atoms with Crippen LogP contribution in [0, 0.1) is 17.3 Å². The second kappa shape index (κ2) is 5.73. The van der Waals surface area contributed by atoms with Gasteiger partial charge in [-0.25, -0.2) is 0 Å². The minimum atomic E-state index is 0.484. The summed E-state index contributed by atoms with van der Waals surface area (Å²) in [6.45, 7) is 10.2. The van der Waals surface area contributed by atoms with Gasteiger partial charge in [-0.15, -0.1) is 0 Å². The summed E-state index contributed by atoms with van der Waals surface area (Å²) in [5.41, 5.74) is 0.484. The smallest absolute Gasteiger partial charge is 0.0124 e. The van der Waals surface area contributed by atoms with E-state index in [0.717, 1.165) is 17.9 Å². The summed E-state index contributed by atoms with van der Waals surface area (Å²) in [4.78, 5) is 2.87. The summed E-state index contributed by atoms with van der Waals surface area (Å²) < 4.78 is 0. The quantitative estimate of drug-likeness (QED) is 0.841. The maximum atomic E-state index is 3.61. The van der Waals surface area contributed by atoms with E-state index >= 15 is 0 Å². The fourth-order valence-electron chi connectivity index (χ4n) is 4.92. The molecule has 2 aliphatic heterocycles. The highest BCUT2D eigenvalue weighted by Gasteiger charge is 2.39. The molecule has 3 atom stereocenters. The first-order valence-corrected chi connectivity index (χ1v) is 8.61. The van der Waals surface area contributed by atoms with Crippen LogP contribution in [0.15, 0.2) is 0 Å². The Labute approximate surface area is 119 Å². The van der Waals surface area contributed by atoms with Crippen LogP contribution >= 0.6 is 0 Å². The Morgan fingerprint density at radius 1 is 1.05 bits per heavy atom. The van der Waals surface area contributed by atoms with Crippen molar-refractivity contribution in [1.82, 2.24) is 10.2 Å². The molecule has 0 radical (unpaired) electrons. The first-order valence-electron chi connectivity index (χ1n) is 8.61. The molecule has 3 fully saturated rings. The molecule has 0 amide bonds. The zero-order valence-corrected chi connectivity index (χ0v) is 13.0. The number of hydrogen-bond acceptors (Lipinski definition) is 2. The van der Waals surface area contributed by atoms with E-state index in [1.165, 1.54) is 71.1 Å². The predicted molar refractivity (Wildman–Crippen MR) is 81.3 cm³/mol. The zero-order valence-electron chi connectivity index (χ0n) is 13.0. The van der Waals surface area contributed by atoms with Crippen molar-refractivity contribution < 1.29 is 0 Å². The van der Waals surface area contributed by atoms with E-state index in [4.69, 9.17) is 0 Å². The second-order valence-corrected chi connectivity index (χ2v) is 7.90. The Bertz CT molecular complexity index is 294. The number of rotatable bonds is 3. The van der Waals surface area contributed by atoms with E-state index < -0.39 is 0 Å². The number of nitrogens with one attached hydrogen (secondary N) is 1. The molecule has 3 aliphatic rings. The maximum absolute atomic E-state index is 3.61. The highest BCUT2D eigenvalue weighted by Crippen LogP contribution is 2.40. The Hall–Kier alpha value is -0.0800. The van der Waals surface area contributed by atoms with Gasteiger partial charge < -0.3 is 5.32 Å². The summed E-state index contributed by atoms with van der Waals surface area (Å²) in [5.74, 6) is 1.91. The molecule has 0 aromatic carbocycles. The van der Waals surface area contributed by atoms with Crippen LogP contribution in [0.3, 0.4) is 0 Å². The maximum Gasteiger partial charge on any atom is 0.0124 e. The fraction of sp³-hybridized carbons (Fsp3) is 1.00. The van der Waals surface area contributed by atoms with Crippen LogP contribution < -0.4 is 5.32 Å². The van der Waals surface area contributed by atoms with Gasteiger partial charge in [0.05, 0.1) is 0 Å². The molecule has 3 unspecified atom stereocenters. The standard InChI is InChI=1S/C17H32N2/c1-17(2,15-8-4-10-18-12-15)13-19-11-5-7-14-6-3-9-16(14)19/h14-16,18H,3-13H2,1-2H3. The lowest BCUT2D eigenvalue weighted by molar-refractivity contribution is 0.0394. The summed E-state index contributed by atoms with van der Waals surface area (Å²) in [5, 5.41) is 3.61. The monoisotopic (exact) mass is 264 g/mol. The van der Waals surface area contributed by atoms with Crippen molar-refractivity contribution in [2.45, 2.75) is 64.8 Å². The molecule has 2 saturated heterocycles. The van der Waals surface area contributed by atoms with Gasteiger partial charge in [0.1, 0.15) is 0 Å². The van der Waals surface area contributed by atoms with Gasteiger partial charge >= 0.3 is 0 Å². The number of piperidine rings is 2. The minimum absolute atomic E-state index is 0.484. The van der Waals surface area contributed by atoms with Gasteiger partial charge in [-0.1, -0.05) is 20.3 Å². The van der Waals surface area contributed by atoms with E-state index in [1.54, 1.807) is 0 Å². The second-order valence-electron chi connectivity index (χ2n) is 7.90. The molecule has 2 nitrogen and oxygen atoms in total. The van der Waals surface area contributed by atoms with Crippen LogP contribution in [-0.2, 0) is 0 Å². The molecule has 2 heterocycles. The average Bonchev–Trinajstić information content (AvgIpc) is 2.89. The van der Waals surface area contributed by atoms with Crippen LogP contribution in [-0.4, -0.2) is 37.1 Å². The van der Waals surface area contributed by atoms with Gasteiger partial charge in [-0.2, -0.15) is 0 Å². The lowest BCUT2D eigenvalue weighted by Crippen LogP contribution is -2.50. The van der Waals surface area contributed by atoms with Gasteiger partial charge in [0.2, 0.25) is 0 Å². The van der Waals surface area contributed by atoms with Crippen molar-refractivity contribution in [1.29, 1.82) is 0 Å². The third kappa shape index (κ3) is 3.00. The van der Waals surface area contributed by atoms with Gasteiger partial charge in [0, 0.05) is 12.6 Å². The molecule has 0 spiro atoms. The lowest BCUT2D eigenvalue weighted by atomic mass is 9.74. The summed E-state index contributed by atoms with van der Waals surface area (Å²) >= 11 is 0. The third-order valence-electron chi connectivity index (χ3n) is 6.12. The average molecular weight is 264 g/mol. The van der Waals surface area contributed by atoms with Crippen molar-refractivity contribution >= 4 is 0 Å². The molecule has 3 rings (SSSR count). The zero-order chi connectivity index (χ0) is 13.3. The Balaban J connectivity index is 1.62. The van der Waals surface area contributed by atoms with Gasteiger partial charge in [0.25, 0.3) is 0 Å². The molecule has 0 aromatic rings. The Morgan fingerprint density at radius 2 is 1.89 bits per heavy atom. The van der Waals surface area contributed by atoms with Crippen LogP contribution in [0.25, 0.3) is 0 Å². The van der Waals surface area contributed by atoms with Crippen LogP contribution in [0.5, 0.6) is 0 Å². The van der Waals surface area contributed by atoms with Crippen LogP contribution in [0.2, 0.25) is 0 Å². The largest absolute Gasteiger partial charge is 0.316 e. The molecule has 110 valence electrons. The van der Waals surface area contributed by atoms with E-state index in [9.17, 15) is 0 Å². The fourth-order valence-corrected chi connectivity index (χ4v) is 4.92. The van der Waals surface area contributed by atoms with E-state index in [2.05, 4.69) is 24.1 Å². The van der Waals surface area contributed by atoms with Crippen molar-refractivity contribution in [2.24, 2.45) is 17.3 Å². The molecule has 0 aromatic heterocycles. The number of fused-ring (bicyclic) bond motifs is 1. The van der Waals surface area contributed by atoms with Crippen LogP contribution in [0.4, 0.5) is 0 Å². The molecule has 1 N–H and O–H groups in total. The summed E-state index contributed by atoms with van der Waals surface area (Å²) in [6, 6.07) is 0.935. The van der Waals surface area contributed by atoms with Crippen molar-refractivity contribution in [3.8, 4) is 0 Å². The van der Waals surface area contributed by atoms with Gasteiger partial charge in [-0.3, -0.25) is 4.90 Å². The third-order valence-corrected chi connectivity index (χ3v) is 6.12. The molecular weight excluding hydrogens is 232 g/mol. The predicted octanol–water partition coefficient (Wildman–Crippen LogP) is 3.28. The van der Waals surface area contributed by atoms with Crippen LogP contribution in [0.1, 0.15) is 58.8 Å². The molecule has 0 bridgehead atoms. The molecule has 1 saturated carbocycles. The normalized spacial score (nSPS) is 37.3. The molecule has 2 heteroatoms. The van der Waals surface area contributed by atoms with Crippen molar-refractivity contribution in [3.05, 3.63) is 0 Å². The molecular formula is C17H32N2. The highest BCUT2D eigenvalue weighted by molar-refractivity contribution is 4.93. The minimum Gasteiger partial charge on any atom is -0.316 e. The van der Waals surface area contributed by atoms with Gasteiger partial charge in [0.15, 0.2) is 0 Å². The summed E-state index contributed by atoms with van der Waals surface area (Å²) in [6.07, 6.45) is 10.2. The highest BCUT2D eigenvalue weighted by atomic mass is 15.2. The topological polar surface area (TPSA) is 15.3 Å². The van der Waals surface area contributed by atoms with E-state index in [1.807, 2.05) is 0 Å². The number of nitrogens with zero attached hydrogens (tertiary/aromatic N) is 1. The Kier molecular flexibility index (Phi) is 4.19. The van der Waals surface area contributed by atoms with Gasteiger partial charge in [-0.05, 0) is 75.4 Å². The SMILES string of the molecule is CC(C)(CN1CCCC2CCCC21)C1CCCNC1. The first-order chi connectivity index (χ1) is 9.17. The van der Waals surface area contributed by atoms with E-state index in [-0.39, 0.29) is 0 Å². The lowest BCUT2D eigenvalue weighted by Gasteiger charge is -2.45. The van der Waals surface area contributed by atoms with Crippen molar-refractivity contribution in [2.75, 3.05) is 26.2 Å². The first kappa shape index (κ1) is 13.9. The molecule has 1 aliphatic carbocycles. The molecule has 19 heavy (non-hydrogen) atoms. The van der Waals surface area contributed by atoms with Crippen molar-refractivity contribution in [3.63, 3.8) is 0 Å². The number of likely N-dealkylation sites (tertiary alicyclic amines) is 1. The van der Waals surface area contributed by atoms with E-state index in [0.29, 0.717) is 5.41 Å². The summed E-state index contributed by atoms with van der Waals surface area (Å²) in [7, 11) is 0. The Morgan fingerprint density at radius 3 is 2.68 bits per heavy atom.